The van der Waals surface area contributed by atoms with Crippen molar-refractivity contribution in [2.24, 2.45) is 0 Å². The van der Waals surface area contributed by atoms with E-state index in [1.165, 1.54) is 0 Å². The van der Waals surface area contributed by atoms with Gasteiger partial charge in [0.2, 0.25) is 0 Å². The van der Waals surface area contributed by atoms with Crippen LogP contribution in [0.15, 0.2) is 42.5 Å². The van der Waals surface area contributed by atoms with Crippen molar-refractivity contribution in [3.05, 3.63) is 48.0 Å². The molecular weight excluding hydrogens is 284 g/mol. The number of rotatable bonds is 3. The lowest BCUT2D eigenvalue weighted by Gasteiger charge is -2.18. The molecule has 1 heterocycles. The van der Waals surface area contributed by atoms with Crippen LogP contribution < -0.4 is 20.1 Å². The van der Waals surface area contributed by atoms with E-state index in [0.29, 0.717) is 28.4 Å². The second-order valence-electron chi connectivity index (χ2n) is 4.73. The van der Waals surface area contributed by atoms with Crippen LogP contribution in [0.25, 0.3) is 0 Å². The van der Waals surface area contributed by atoms with Crippen LogP contribution >= 0.6 is 0 Å². The van der Waals surface area contributed by atoms with Gasteiger partial charge in [-0.2, -0.15) is 0 Å². The number of benzene rings is 2. The zero-order valence-electron chi connectivity index (χ0n) is 11.9. The van der Waals surface area contributed by atoms with Crippen LogP contribution in [0.2, 0.25) is 0 Å². The molecule has 0 saturated carbocycles. The highest BCUT2D eigenvalue weighted by Crippen LogP contribution is 2.28. The lowest BCUT2D eigenvalue weighted by molar-refractivity contribution is -0.118. The molecule has 6 nitrogen and oxygen atoms in total. The minimum atomic E-state index is -0.282. The number of carbonyl (C=O) groups is 2. The van der Waals surface area contributed by atoms with Gasteiger partial charge in [0.15, 0.2) is 6.61 Å². The molecule has 0 bridgehead atoms. The maximum atomic E-state index is 12.3. The van der Waals surface area contributed by atoms with Crippen LogP contribution in [0, 0.1) is 0 Å². The number of amides is 2. The summed E-state index contributed by atoms with van der Waals surface area (Å²) in [6.45, 7) is -0.0116. The van der Waals surface area contributed by atoms with Gasteiger partial charge >= 0.3 is 0 Å². The fourth-order valence-electron chi connectivity index (χ4n) is 2.13. The Bertz CT molecular complexity index is 743. The SMILES string of the molecule is COc1cccc(NC(=O)c2ccc3c(c2)NC(=O)CO3)c1. The number of ether oxygens (including phenoxy) is 2. The number of methoxy groups -OCH3 is 1. The van der Waals surface area contributed by atoms with Gasteiger partial charge in [-0.15, -0.1) is 0 Å². The lowest BCUT2D eigenvalue weighted by Crippen LogP contribution is -2.25. The van der Waals surface area contributed by atoms with Gasteiger partial charge in [-0.3, -0.25) is 9.59 Å². The standard InChI is InChI=1S/C16H14N2O4/c1-21-12-4-2-3-11(8-12)17-16(20)10-5-6-14-13(7-10)18-15(19)9-22-14/h2-8H,9H2,1H3,(H,17,20)(H,18,19). The molecular formula is C16H14N2O4. The van der Waals surface area contributed by atoms with Crippen molar-refractivity contribution >= 4 is 23.2 Å². The number of hydrogen-bond acceptors (Lipinski definition) is 4. The number of carbonyl (C=O) groups excluding carboxylic acids is 2. The highest BCUT2D eigenvalue weighted by molar-refractivity contribution is 6.06. The molecule has 0 radical (unpaired) electrons. The molecule has 2 aromatic rings. The molecule has 3 rings (SSSR count). The summed E-state index contributed by atoms with van der Waals surface area (Å²) in [6.07, 6.45) is 0. The van der Waals surface area contributed by atoms with E-state index in [-0.39, 0.29) is 18.4 Å². The van der Waals surface area contributed by atoms with Gasteiger partial charge in [-0.25, -0.2) is 0 Å². The first-order chi connectivity index (χ1) is 10.7. The van der Waals surface area contributed by atoms with Crippen molar-refractivity contribution < 1.29 is 19.1 Å². The minimum Gasteiger partial charge on any atom is -0.497 e. The Morgan fingerprint density at radius 3 is 2.95 bits per heavy atom. The molecule has 6 heteroatoms. The smallest absolute Gasteiger partial charge is 0.262 e. The molecule has 2 N–H and O–H groups in total. The monoisotopic (exact) mass is 298 g/mol. The van der Waals surface area contributed by atoms with Crippen LogP contribution in [-0.4, -0.2) is 25.5 Å². The second kappa shape index (κ2) is 5.77. The molecule has 0 aliphatic carbocycles. The number of fused-ring (bicyclic) bond motifs is 1. The van der Waals surface area contributed by atoms with Gasteiger partial charge in [0.1, 0.15) is 11.5 Å². The van der Waals surface area contributed by atoms with E-state index in [4.69, 9.17) is 9.47 Å². The average Bonchev–Trinajstić information content (AvgIpc) is 2.54. The summed E-state index contributed by atoms with van der Waals surface area (Å²) >= 11 is 0. The highest BCUT2D eigenvalue weighted by atomic mass is 16.5. The first-order valence-corrected chi connectivity index (χ1v) is 6.68. The van der Waals surface area contributed by atoms with Crippen molar-refractivity contribution in [3.63, 3.8) is 0 Å². The average molecular weight is 298 g/mol. The van der Waals surface area contributed by atoms with Crippen molar-refractivity contribution in [1.82, 2.24) is 0 Å². The topological polar surface area (TPSA) is 76.7 Å². The largest absolute Gasteiger partial charge is 0.497 e. The van der Waals surface area contributed by atoms with Crippen molar-refractivity contribution in [2.75, 3.05) is 24.4 Å². The number of nitrogens with one attached hydrogen (secondary N) is 2. The zero-order valence-corrected chi connectivity index (χ0v) is 11.9. The predicted octanol–water partition coefficient (Wildman–Crippen LogP) is 2.28. The molecule has 2 amide bonds. The van der Waals surface area contributed by atoms with Crippen LogP contribution in [0.3, 0.4) is 0 Å². The molecule has 112 valence electrons. The summed E-state index contributed by atoms with van der Waals surface area (Å²) in [4.78, 5) is 23.6. The fourth-order valence-corrected chi connectivity index (χ4v) is 2.13. The van der Waals surface area contributed by atoms with Gasteiger partial charge in [0, 0.05) is 17.3 Å². The quantitative estimate of drug-likeness (QED) is 0.911. The third kappa shape index (κ3) is 2.85. The molecule has 2 aromatic carbocycles. The van der Waals surface area contributed by atoms with Gasteiger partial charge in [-0.05, 0) is 30.3 Å². The maximum absolute atomic E-state index is 12.3. The van der Waals surface area contributed by atoms with E-state index >= 15 is 0 Å². The molecule has 0 aromatic heterocycles. The van der Waals surface area contributed by atoms with E-state index in [1.54, 1.807) is 49.6 Å². The van der Waals surface area contributed by atoms with Gasteiger partial charge in [0.25, 0.3) is 11.8 Å². The van der Waals surface area contributed by atoms with Crippen LogP contribution in [-0.2, 0) is 4.79 Å². The summed E-state index contributed by atoms with van der Waals surface area (Å²) < 4.78 is 10.4. The number of hydrogen-bond donors (Lipinski definition) is 2. The maximum Gasteiger partial charge on any atom is 0.262 e. The Morgan fingerprint density at radius 2 is 2.14 bits per heavy atom. The Morgan fingerprint density at radius 1 is 1.27 bits per heavy atom. The van der Waals surface area contributed by atoms with Crippen LogP contribution in [0.4, 0.5) is 11.4 Å². The van der Waals surface area contributed by atoms with Gasteiger partial charge < -0.3 is 20.1 Å². The Hall–Kier alpha value is -3.02. The van der Waals surface area contributed by atoms with E-state index in [2.05, 4.69) is 10.6 Å². The third-order valence-electron chi connectivity index (χ3n) is 3.20. The first kappa shape index (κ1) is 13.9. The summed E-state index contributed by atoms with van der Waals surface area (Å²) in [5.41, 5.74) is 1.55. The summed E-state index contributed by atoms with van der Waals surface area (Å²) in [7, 11) is 1.56. The van der Waals surface area contributed by atoms with E-state index in [9.17, 15) is 9.59 Å². The lowest BCUT2D eigenvalue weighted by atomic mass is 10.1. The van der Waals surface area contributed by atoms with Crippen molar-refractivity contribution in [3.8, 4) is 11.5 Å². The Kier molecular flexibility index (Phi) is 3.65. The summed E-state index contributed by atoms with van der Waals surface area (Å²) in [5.74, 6) is 0.690. The van der Waals surface area contributed by atoms with Gasteiger partial charge in [-0.1, -0.05) is 6.07 Å². The summed E-state index contributed by atoms with van der Waals surface area (Å²) in [5, 5.41) is 5.45. The predicted molar refractivity (Wildman–Crippen MR) is 81.5 cm³/mol. The number of anilines is 2. The van der Waals surface area contributed by atoms with Crippen molar-refractivity contribution in [2.45, 2.75) is 0 Å². The van der Waals surface area contributed by atoms with Crippen LogP contribution in [0.1, 0.15) is 10.4 Å². The third-order valence-corrected chi connectivity index (χ3v) is 3.20. The highest BCUT2D eigenvalue weighted by Gasteiger charge is 2.17. The Balaban J connectivity index is 1.80. The molecule has 1 aliphatic rings. The van der Waals surface area contributed by atoms with E-state index < -0.39 is 0 Å². The van der Waals surface area contributed by atoms with Crippen molar-refractivity contribution in [1.29, 1.82) is 0 Å². The van der Waals surface area contributed by atoms with E-state index in [0.717, 1.165) is 0 Å². The summed E-state index contributed by atoms with van der Waals surface area (Å²) in [6, 6.07) is 12.0. The molecule has 0 saturated heterocycles. The molecule has 0 atom stereocenters. The molecule has 1 aliphatic heterocycles. The first-order valence-electron chi connectivity index (χ1n) is 6.68. The fraction of sp³-hybridized carbons (Fsp3) is 0.125. The minimum absolute atomic E-state index is 0.0116. The molecule has 0 unspecified atom stereocenters. The van der Waals surface area contributed by atoms with E-state index in [1.807, 2.05) is 0 Å². The molecule has 0 spiro atoms. The molecule has 22 heavy (non-hydrogen) atoms. The Labute approximate surface area is 127 Å². The van der Waals surface area contributed by atoms with Gasteiger partial charge in [0.05, 0.1) is 12.8 Å². The second-order valence-corrected chi connectivity index (χ2v) is 4.73. The normalized spacial score (nSPS) is 12.7. The van der Waals surface area contributed by atoms with Crippen LogP contribution in [0.5, 0.6) is 11.5 Å². The zero-order chi connectivity index (χ0) is 15.5. The molecule has 0 fully saturated rings.